The first-order valence-electron chi connectivity index (χ1n) is 9.48. The van der Waals surface area contributed by atoms with Crippen LogP contribution in [0.3, 0.4) is 0 Å². The first-order valence-corrected chi connectivity index (χ1v) is 9.48. The Kier molecular flexibility index (Phi) is 6.73. The molecule has 0 aliphatic heterocycles. The monoisotopic (exact) mass is 393 g/mol. The number of aromatic nitrogens is 1. The van der Waals surface area contributed by atoms with Gasteiger partial charge in [-0.15, -0.1) is 0 Å². The van der Waals surface area contributed by atoms with E-state index < -0.39 is 0 Å². The number of hydrogen-bond donors (Lipinski definition) is 2. The van der Waals surface area contributed by atoms with Crippen molar-refractivity contribution in [1.29, 1.82) is 0 Å². The van der Waals surface area contributed by atoms with Crippen molar-refractivity contribution in [2.24, 2.45) is 12.0 Å². The number of aryl methyl sites for hydroxylation is 1. The Balaban J connectivity index is 1.56. The van der Waals surface area contributed by atoms with E-state index in [1.165, 1.54) is 5.69 Å². The van der Waals surface area contributed by atoms with Crippen LogP contribution < -0.4 is 10.6 Å². The zero-order valence-electron chi connectivity index (χ0n) is 17.1. The molecule has 7 nitrogen and oxygen atoms in total. The molecule has 0 aliphatic rings. The zero-order chi connectivity index (χ0) is 20.6. The Morgan fingerprint density at radius 2 is 2.00 bits per heavy atom. The quantitative estimate of drug-likeness (QED) is 0.478. The fraction of sp³-hybridized carbons (Fsp3) is 0.273. The molecule has 2 N–H and O–H groups in total. The van der Waals surface area contributed by atoms with Crippen LogP contribution in [0.15, 0.2) is 70.4 Å². The summed E-state index contributed by atoms with van der Waals surface area (Å²) < 4.78 is 7.34. The molecule has 0 radical (unpaired) electrons. The normalized spacial score (nSPS) is 11.3. The van der Waals surface area contributed by atoms with E-state index in [1.807, 2.05) is 50.6 Å². The summed E-state index contributed by atoms with van der Waals surface area (Å²) in [7, 11) is 5.80. The molecule has 0 fully saturated rings. The average Bonchev–Trinajstić information content (AvgIpc) is 3.39. The molecular formula is C22H27N5O2. The molecule has 0 bridgehead atoms. The second kappa shape index (κ2) is 9.64. The Hall–Kier alpha value is -3.48. The molecule has 2 aromatic heterocycles. The summed E-state index contributed by atoms with van der Waals surface area (Å²) in [5.74, 6) is 1.38. The molecule has 1 aromatic carbocycles. The summed E-state index contributed by atoms with van der Waals surface area (Å²) in [4.78, 5) is 18.8. The van der Waals surface area contributed by atoms with Crippen molar-refractivity contribution in [3.8, 4) is 0 Å². The van der Waals surface area contributed by atoms with Crippen molar-refractivity contribution >= 4 is 11.9 Å². The van der Waals surface area contributed by atoms with Gasteiger partial charge < -0.3 is 24.5 Å². The van der Waals surface area contributed by atoms with Crippen molar-refractivity contribution in [3.63, 3.8) is 0 Å². The SMILES string of the molecule is CN=C(NCc1cccc(C(=O)NCc2ccco2)c1)N(C)Cc1cccn1C. The molecule has 0 saturated carbocycles. The lowest BCUT2D eigenvalue weighted by Gasteiger charge is -2.22. The van der Waals surface area contributed by atoms with Gasteiger partial charge in [-0.25, -0.2) is 0 Å². The van der Waals surface area contributed by atoms with Gasteiger partial charge in [-0.3, -0.25) is 9.79 Å². The van der Waals surface area contributed by atoms with E-state index in [-0.39, 0.29) is 5.91 Å². The van der Waals surface area contributed by atoms with Crippen molar-refractivity contribution < 1.29 is 9.21 Å². The summed E-state index contributed by atoms with van der Waals surface area (Å²) in [6.45, 7) is 1.69. The highest BCUT2D eigenvalue weighted by Crippen LogP contribution is 2.08. The van der Waals surface area contributed by atoms with Crippen LogP contribution in [0.1, 0.15) is 27.4 Å². The zero-order valence-corrected chi connectivity index (χ0v) is 17.1. The maximum atomic E-state index is 12.4. The number of hydrogen-bond acceptors (Lipinski definition) is 3. The van der Waals surface area contributed by atoms with Crippen LogP contribution >= 0.6 is 0 Å². The summed E-state index contributed by atoms with van der Waals surface area (Å²) in [6, 6.07) is 15.3. The van der Waals surface area contributed by atoms with Gasteiger partial charge in [-0.05, 0) is 42.0 Å². The van der Waals surface area contributed by atoms with E-state index in [2.05, 4.69) is 31.2 Å². The van der Waals surface area contributed by atoms with Crippen LogP contribution in [0.25, 0.3) is 0 Å². The van der Waals surface area contributed by atoms with Crippen LogP contribution in [0.5, 0.6) is 0 Å². The highest BCUT2D eigenvalue weighted by molar-refractivity contribution is 5.94. The van der Waals surface area contributed by atoms with Crippen molar-refractivity contribution in [3.05, 3.63) is 83.6 Å². The Bertz CT molecular complexity index is 959. The highest BCUT2D eigenvalue weighted by atomic mass is 16.3. The predicted molar refractivity (Wildman–Crippen MR) is 113 cm³/mol. The molecular weight excluding hydrogens is 366 g/mol. The number of carbonyl (C=O) groups is 1. The average molecular weight is 393 g/mol. The largest absolute Gasteiger partial charge is 0.467 e. The lowest BCUT2D eigenvalue weighted by molar-refractivity contribution is 0.0948. The Morgan fingerprint density at radius 3 is 2.69 bits per heavy atom. The van der Waals surface area contributed by atoms with E-state index in [9.17, 15) is 4.79 Å². The predicted octanol–water partition coefficient (Wildman–Crippen LogP) is 2.76. The maximum absolute atomic E-state index is 12.4. The van der Waals surface area contributed by atoms with E-state index in [0.717, 1.165) is 23.8 Å². The molecule has 2 heterocycles. The fourth-order valence-corrected chi connectivity index (χ4v) is 3.05. The number of rotatable bonds is 7. The van der Waals surface area contributed by atoms with Gasteiger partial charge in [-0.2, -0.15) is 0 Å². The third kappa shape index (κ3) is 5.51. The molecule has 7 heteroatoms. The topological polar surface area (TPSA) is 74.8 Å². The molecule has 3 rings (SSSR count). The van der Waals surface area contributed by atoms with Gasteiger partial charge in [0.1, 0.15) is 5.76 Å². The highest BCUT2D eigenvalue weighted by Gasteiger charge is 2.10. The van der Waals surface area contributed by atoms with Gasteiger partial charge in [0.2, 0.25) is 0 Å². The van der Waals surface area contributed by atoms with E-state index in [1.54, 1.807) is 25.4 Å². The van der Waals surface area contributed by atoms with Gasteiger partial charge in [0.15, 0.2) is 5.96 Å². The molecule has 1 amide bonds. The van der Waals surface area contributed by atoms with E-state index in [0.29, 0.717) is 18.7 Å². The third-order valence-corrected chi connectivity index (χ3v) is 4.67. The molecule has 0 spiro atoms. The number of nitrogens with zero attached hydrogens (tertiary/aromatic N) is 3. The third-order valence-electron chi connectivity index (χ3n) is 4.67. The first kappa shape index (κ1) is 20.3. The summed E-state index contributed by atoms with van der Waals surface area (Å²) in [6.07, 6.45) is 3.62. The molecule has 0 saturated heterocycles. The summed E-state index contributed by atoms with van der Waals surface area (Å²) in [5.41, 5.74) is 2.82. The smallest absolute Gasteiger partial charge is 0.251 e. The van der Waals surface area contributed by atoms with Gasteiger partial charge >= 0.3 is 0 Å². The number of nitrogens with one attached hydrogen (secondary N) is 2. The number of aliphatic imine (C=N–C) groups is 1. The van der Waals surface area contributed by atoms with Crippen molar-refractivity contribution in [2.75, 3.05) is 14.1 Å². The minimum atomic E-state index is -0.131. The second-order valence-corrected chi connectivity index (χ2v) is 6.83. The van der Waals surface area contributed by atoms with Crippen LogP contribution in [0, 0.1) is 0 Å². The molecule has 0 aliphatic carbocycles. The van der Waals surface area contributed by atoms with Crippen molar-refractivity contribution in [1.82, 2.24) is 20.1 Å². The van der Waals surface area contributed by atoms with Gasteiger partial charge in [-0.1, -0.05) is 12.1 Å². The van der Waals surface area contributed by atoms with Crippen LogP contribution in [0.4, 0.5) is 0 Å². The second-order valence-electron chi connectivity index (χ2n) is 6.83. The summed E-state index contributed by atoms with van der Waals surface area (Å²) in [5, 5.41) is 6.22. The molecule has 29 heavy (non-hydrogen) atoms. The minimum absolute atomic E-state index is 0.131. The lowest BCUT2D eigenvalue weighted by Crippen LogP contribution is -2.38. The number of guanidine groups is 1. The van der Waals surface area contributed by atoms with Crippen LogP contribution in [-0.4, -0.2) is 35.4 Å². The Morgan fingerprint density at radius 1 is 1.14 bits per heavy atom. The maximum Gasteiger partial charge on any atom is 0.251 e. The van der Waals surface area contributed by atoms with Gasteiger partial charge in [0, 0.05) is 45.1 Å². The molecule has 3 aromatic rings. The molecule has 0 atom stereocenters. The first-order chi connectivity index (χ1) is 14.1. The van der Waals surface area contributed by atoms with Crippen molar-refractivity contribution in [2.45, 2.75) is 19.6 Å². The minimum Gasteiger partial charge on any atom is -0.467 e. The number of benzene rings is 1. The van der Waals surface area contributed by atoms with E-state index >= 15 is 0 Å². The Labute approximate surface area is 171 Å². The van der Waals surface area contributed by atoms with Gasteiger partial charge in [0.05, 0.1) is 19.4 Å². The standard InChI is InChI=1S/C22H27N5O2/c1-23-22(27(3)16-19-9-5-11-26(19)2)25-14-17-7-4-8-18(13-17)21(28)24-15-20-10-6-12-29-20/h4-13H,14-16H2,1-3H3,(H,23,25)(H,24,28). The van der Waals surface area contributed by atoms with Gasteiger partial charge in [0.25, 0.3) is 5.91 Å². The number of furan rings is 1. The van der Waals surface area contributed by atoms with Crippen LogP contribution in [0.2, 0.25) is 0 Å². The lowest BCUT2D eigenvalue weighted by atomic mass is 10.1. The molecule has 0 unspecified atom stereocenters. The fourth-order valence-electron chi connectivity index (χ4n) is 3.05. The van der Waals surface area contributed by atoms with E-state index in [4.69, 9.17) is 4.42 Å². The van der Waals surface area contributed by atoms with Crippen LogP contribution in [-0.2, 0) is 26.7 Å². The molecule has 152 valence electrons. The number of carbonyl (C=O) groups excluding carboxylic acids is 1. The summed E-state index contributed by atoms with van der Waals surface area (Å²) >= 11 is 0. The number of amides is 1.